The molecule has 0 aliphatic heterocycles. The molecule has 5 nitrogen and oxygen atoms in total. The molecule has 0 fully saturated rings. The van der Waals surface area contributed by atoms with Gasteiger partial charge in [0.2, 0.25) is 10.0 Å². The van der Waals surface area contributed by atoms with Crippen LogP contribution in [0, 0.1) is 5.92 Å². The topological polar surface area (TPSA) is 81.4 Å². The minimum absolute atomic E-state index is 0.0557. The van der Waals surface area contributed by atoms with Crippen molar-refractivity contribution in [3.05, 3.63) is 24.3 Å². The standard InChI is InChI=1S/C14H24N2O3S/c1-11(2)10-12(3)16-20(17,18)9-8-19-14-6-4-13(15)5-7-14/h4-7,11-12,16H,8-10,15H2,1-3H3. The number of nitrogens with two attached hydrogens (primary N) is 1. The molecule has 20 heavy (non-hydrogen) atoms. The van der Waals surface area contributed by atoms with Gasteiger partial charge in [0.25, 0.3) is 0 Å². The van der Waals surface area contributed by atoms with E-state index in [2.05, 4.69) is 18.6 Å². The molecule has 0 aromatic heterocycles. The highest BCUT2D eigenvalue weighted by molar-refractivity contribution is 7.89. The summed E-state index contributed by atoms with van der Waals surface area (Å²) >= 11 is 0. The molecule has 0 saturated carbocycles. The van der Waals surface area contributed by atoms with Gasteiger partial charge in [-0.15, -0.1) is 0 Å². The zero-order valence-electron chi connectivity index (χ0n) is 12.3. The van der Waals surface area contributed by atoms with Crippen LogP contribution in [0.15, 0.2) is 24.3 Å². The number of anilines is 1. The van der Waals surface area contributed by atoms with Crippen molar-refractivity contribution in [1.29, 1.82) is 0 Å². The second-order valence-electron chi connectivity index (χ2n) is 5.38. The molecule has 114 valence electrons. The van der Waals surface area contributed by atoms with Gasteiger partial charge < -0.3 is 10.5 Å². The molecule has 1 atom stereocenters. The number of hydrogen-bond donors (Lipinski definition) is 2. The summed E-state index contributed by atoms with van der Waals surface area (Å²) in [6.07, 6.45) is 0.818. The summed E-state index contributed by atoms with van der Waals surface area (Å²) in [6, 6.07) is 6.81. The van der Waals surface area contributed by atoms with Gasteiger partial charge in [-0.25, -0.2) is 13.1 Å². The van der Waals surface area contributed by atoms with Gasteiger partial charge in [-0.3, -0.25) is 0 Å². The summed E-state index contributed by atoms with van der Waals surface area (Å²) in [5.41, 5.74) is 6.20. The van der Waals surface area contributed by atoms with E-state index in [1.165, 1.54) is 0 Å². The van der Waals surface area contributed by atoms with E-state index < -0.39 is 10.0 Å². The van der Waals surface area contributed by atoms with Crippen LogP contribution in [0.1, 0.15) is 27.2 Å². The maximum Gasteiger partial charge on any atom is 0.215 e. The van der Waals surface area contributed by atoms with Crippen LogP contribution in [0.4, 0.5) is 5.69 Å². The average molecular weight is 300 g/mol. The lowest BCUT2D eigenvalue weighted by Crippen LogP contribution is -2.36. The fourth-order valence-corrected chi connectivity index (χ4v) is 3.08. The van der Waals surface area contributed by atoms with Crippen molar-refractivity contribution < 1.29 is 13.2 Å². The Hall–Kier alpha value is -1.27. The lowest BCUT2D eigenvalue weighted by molar-refractivity contribution is 0.340. The fourth-order valence-electron chi connectivity index (χ4n) is 1.95. The quantitative estimate of drug-likeness (QED) is 0.720. The van der Waals surface area contributed by atoms with Crippen molar-refractivity contribution in [3.8, 4) is 5.75 Å². The Morgan fingerprint density at radius 1 is 1.20 bits per heavy atom. The molecular formula is C14H24N2O3S. The molecule has 0 amide bonds. The van der Waals surface area contributed by atoms with Crippen molar-refractivity contribution in [2.75, 3.05) is 18.1 Å². The van der Waals surface area contributed by atoms with Gasteiger partial charge in [0.15, 0.2) is 0 Å². The molecule has 6 heteroatoms. The Bertz CT molecular complexity index is 498. The number of benzene rings is 1. The van der Waals surface area contributed by atoms with Gasteiger partial charge in [0, 0.05) is 11.7 Å². The van der Waals surface area contributed by atoms with Crippen LogP contribution in [-0.2, 0) is 10.0 Å². The van der Waals surface area contributed by atoms with Gasteiger partial charge in [-0.05, 0) is 43.5 Å². The summed E-state index contributed by atoms with van der Waals surface area (Å²) in [5.74, 6) is 1.02. The Morgan fingerprint density at radius 3 is 2.35 bits per heavy atom. The first kappa shape index (κ1) is 16.8. The molecular weight excluding hydrogens is 276 g/mol. The van der Waals surface area contributed by atoms with Crippen molar-refractivity contribution in [2.24, 2.45) is 5.92 Å². The second-order valence-corrected chi connectivity index (χ2v) is 7.26. The lowest BCUT2D eigenvalue weighted by Gasteiger charge is -2.16. The van der Waals surface area contributed by atoms with Gasteiger partial charge in [0.1, 0.15) is 12.4 Å². The van der Waals surface area contributed by atoms with Crippen LogP contribution in [-0.4, -0.2) is 26.8 Å². The van der Waals surface area contributed by atoms with Crippen LogP contribution in [0.25, 0.3) is 0 Å². The number of hydrogen-bond acceptors (Lipinski definition) is 4. The maximum atomic E-state index is 11.9. The number of rotatable bonds is 8. The van der Waals surface area contributed by atoms with Gasteiger partial charge in [-0.2, -0.15) is 0 Å². The number of nitrogens with one attached hydrogen (secondary N) is 1. The highest BCUT2D eigenvalue weighted by Crippen LogP contribution is 2.13. The minimum Gasteiger partial charge on any atom is -0.492 e. The molecule has 0 aliphatic rings. The molecule has 0 spiro atoms. The van der Waals surface area contributed by atoms with Gasteiger partial charge in [-0.1, -0.05) is 13.8 Å². The fraction of sp³-hybridized carbons (Fsp3) is 0.571. The molecule has 1 aromatic carbocycles. The third kappa shape index (κ3) is 6.77. The number of nitrogen functional groups attached to an aromatic ring is 1. The van der Waals surface area contributed by atoms with Gasteiger partial charge in [0.05, 0.1) is 5.75 Å². The molecule has 0 aliphatic carbocycles. The van der Waals surface area contributed by atoms with E-state index in [4.69, 9.17) is 10.5 Å². The monoisotopic (exact) mass is 300 g/mol. The average Bonchev–Trinajstić information content (AvgIpc) is 2.29. The summed E-state index contributed by atoms with van der Waals surface area (Å²) in [5, 5.41) is 0. The first-order valence-corrected chi connectivity index (χ1v) is 8.42. The van der Waals surface area contributed by atoms with Crippen molar-refractivity contribution >= 4 is 15.7 Å². The van der Waals surface area contributed by atoms with Crippen LogP contribution >= 0.6 is 0 Å². The van der Waals surface area contributed by atoms with E-state index in [1.807, 2.05) is 6.92 Å². The highest BCUT2D eigenvalue weighted by Gasteiger charge is 2.15. The summed E-state index contributed by atoms with van der Waals surface area (Å²) in [4.78, 5) is 0. The van der Waals surface area contributed by atoms with Gasteiger partial charge >= 0.3 is 0 Å². The van der Waals surface area contributed by atoms with E-state index in [0.717, 1.165) is 6.42 Å². The van der Waals surface area contributed by atoms with Crippen molar-refractivity contribution in [3.63, 3.8) is 0 Å². The third-order valence-corrected chi connectivity index (χ3v) is 4.17. The molecule has 0 radical (unpaired) electrons. The number of sulfonamides is 1. The van der Waals surface area contributed by atoms with Crippen LogP contribution in [0.5, 0.6) is 5.75 Å². The normalized spacial score (nSPS) is 13.4. The maximum absolute atomic E-state index is 11.9. The van der Waals surface area contributed by atoms with Crippen molar-refractivity contribution in [2.45, 2.75) is 33.2 Å². The first-order valence-electron chi connectivity index (χ1n) is 6.77. The van der Waals surface area contributed by atoms with Crippen molar-refractivity contribution in [1.82, 2.24) is 4.72 Å². The second kappa shape index (κ2) is 7.50. The van der Waals surface area contributed by atoms with Crippen LogP contribution in [0.3, 0.4) is 0 Å². The smallest absolute Gasteiger partial charge is 0.215 e. The van der Waals surface area contributed by atoms with E-state index in [1.54, 1.807) is 24.3 Å². The lowest BCUT2D eigenvalue weighted by atomic mass is 10.1. The highest BCUT2D eigenvalue weighted by atomic mass is 32.2. The zero-order valence-corrected chi connectivity index (χ0v) is 13.1. The molecule has 1 rings (SSSR count). The summed E-state index contributed by atoms with van der Waals surface area (Å²) in [6.45, 7) is 6.12. The Labute approximate surface area is 121 Å². The van der Waals surface area contributed by atoms with E-state index in [9.17, 15) is 8.42 Å². The molecule has 3 N–H and O–H groups in total. The van der Waals surface area contributed by atoms with E-state index >= 15 is 0 Å². The first-order chi connectivity index (χ1) is 9.28. The molecule has 0 saturated heterocycles. The predicted molar refractivity (Wildman–Crippen MR) is 82.2 cm³/mol. The minimum atomic E-state index is -3.30. The van der Waals surface area contributed by atoms with E-state index in [0.29, 0.717) is 17.4 Å². The molecule has 1 aromatic rings. The third-order valence-electron chi connectivity index (χ3n) is 2.71. The molecule has 1 unspecified atom stereocenters. The summed E-state index contributed by atoms with van der Waals surface area (Å²) < 4.78 is 31.8. The van der Waals surface area contributed by atoms with Crippen LogP contribution < -0.4 is 15.2 Å². The zero-order chi connectivity index (χ0) is 15.2. The van der Waals surface area contributed by atoms with Crippen LogP contribution in [0.2, 0.25) is 0 Å². The summed E-state index contributed by atoms with van der Waals surface area (Å²) in [7, 11) is -3.30. The molecule has 0 bridgehead atoms. The largest absolute Gasteiger partial charge is 0.492 e. The SMILES string of the molecule is CC(C)CC(C)NS(=O)(=O)CCOc1ccc(N)cc1. The molecule has 0 heterocycles. The number of ether oxygens (including phenoxy) is 1. The Kier molecular flexibility index (Phi) is 6.29. The predicted octanol–water partition coefficient (Wildman–Crippen LogP) is 2.00. The Morgan fingerprint density at radius 2 is 1.80 bits per heavy atom. The van der Waals surface area contributed by atoms with E-state index in [-0.39, 0.29) is 18.4 Å². The Balaban J connectivity index is 2.38.